The first-order chi connectivity index (χ1) is 8.08. The van der Waals surface area contributed by atoms with Crippen molar-refractivity contribution in [2.45, 2.75) is 6.92 Å². The maximum Gasteiger partial charge on any atom is 0.128 e. The van der Waals surface area contributed by atoms with Gasteiger partial charge >= 0.3 is 0 Å². The van der Waals surface area contributed by atoms with E-state index in [9.17, 15) is 4.39 Å². The Morgan fingerprint density at radius 2 is 1.94 bits per heavy atom. The van der Waals surface area contributed by atoms with Crippen molar-refractivity contribution in [1.29, 1.82) is 0 Å². The Kier molecular flexibility index (Phi) is 3.51. The molecule has 0 fully saturated rings. The molecular formula is C13H12FIN2. The van der Waals surface area contributed by atoms with Gasteiger partial charge in [-0.3, -0.25) is 0 Å². The van der Waals surface area contributed by atoms with Gasteiger partial charge in [-0.15, -0.1) is 0 Å². The summed E-state index contributed by atoms with van der Waals surface area (Å²) < 4.78 is 14.4. The standard InChI is InChI=1S/C13H12FIN2/c1-8-10(14)3-2-4-12(8)17-13-6-5-9(16)7-11(13)15/h2-7,17H,16H2,1H3. The number of nitrogen functional groups attached to an aromatic ring is 1. The molecule has 17 heavy (non-hydrogen) atoms. The second-order valence-electron chi connectivity index (χ2n) is 3.78. The molecule has 0 atom stereocenters. The smallest absolute Gasteiger partial charge is 0.128 e. The summed E-state index contributed by atoms with van der Waals surface area (Å²) in [7, 11) is 0. The lowest BCUT2D eigenvalue weighted by molar-refractivity contribution is 0.619. The maximum atomic E-state index is 13.4. The minimum atomic E-state index is -0.208. The quantitative estimate of drug-likeness (QED) is 0.638. The summed E-state index contributed by atoms with van der Waals surface area (Å²) in [5, 5.41) is 3.21. The first-order valence-corrected chi connectivity index (χ1v) is 6.23. The summed E-state index contributed by atoms with van der Waals surface area (Å²) in [6.45, 7) is 1.75. The Morgan fingerprint density at radius 1 is 1.18 bits per heavy atom. The lowest BCUT2D eigenvalue weighted by Crippen LogP contribution is -1.97. The number of anilines is 3. The van der Waals surface area contributed by atoms with Gasteiger partial charge in [-0.2, -0.15) is 0 Å². The minimum absolute atomic E-state index is 0.208. The largest absolute Gasteiger partial charge is 0.399 e. The second kappa shape index (κ2) is 4.91. The van der Waals surface area contributed by atoms with Gasteiger partial charge in [-0.1, -0.05) is 6.07 Å². The van der Waals surface area contributed by atoms with Crippen molar-refractivity contribution in [1.82, 2.24) is 0 Å². The van der Waals surface area contributed by atoms with Gasteiger partial charge in [-0.05, 0) is 59.8 Å². The molecule has 2 aromatic rings. The zero-order valence-corrected chi connectivity index (χ0v) is 11.5. The van der Waals surface area contributed by atoms with Crippen LogP contribution in [-0.2, 0) is 0 Å². The normalized spacial score (nSPS) is 10.3. The lowest BCUT2D eigenvalue weighted by atomic mass is 10.2. The molecule has 0 saturated carbocycles. The number of hydrogen-bond acceptors (Lipinski definition) is 2. The average molecular weight is 342 g/mol. The van der Waals surface area contributed by atoms with Gasteiger partial charge in [0, 0.05) is 20.5 Å². The number of nitrogens with one attached hydrogen (secondary N) is 1. The number of benzene rings is 2. The highest BCUT2D eigenvalue weighted by atomic mass is 127. The van der Waals surface area contributed by atoms with Crippen LogP contribution in [0.15, 0.2) is 36.4 Å². The SMILES string of the molecule is Cc1c(F)cccc1Nc1ccc(N)cc1I. The highest BCUT2D eigenvalue weighted by molar-refractivity contribution is 14.1. The Morgan fingerprint density at radius 3 is 2.65 bits per heavy atom. The molecule has 0 radical (unpaired) electrons. The fraction of sp³-hybridized carbons (Fsp3) is 0.0769. The Balaban J connectivity index is 2.35. The van der Waals surface area contributed by atoms with Crippen LogP contribution in [0.25, 0.3) is 0 Å². The molecule has 0 spiro atoms. The predicted molar refractivity (Wildman–Crippen MR) is 78.0 cm³/mol. The van der Waals surface area contributed by atoms with Crippen LogP contribution in [0.2, 0.25) is 0 Å². The van der Waals surface area contributed by atoms with Crippen molar-refractivity contribution < 1.29 is 4.39 Å². The van der Waals surface area contributed by atoms with E-state index in [2.05, 4.69) is 27.9 Å². The van der Waals surface area contributed by atoms with E-state index in [1.54, 1.807) is 13.0 Å². The predicted octanol–water partition coefficient (Wildman–Crippen LogP) is 4.06. The van der Waals surface area contributed by atoms with Gasteiger partial charge in [0.15, 0.2) is 0 Å². The molecule has 0 saturated heterocycles. The number of halogens is 2. The third-order valence-electron chi connectivity index (χ3n) is 2.53. The topological polar surface area (TPSA) is 38.0 Å². The highest BCUT2D eigenvalue weighted by Gasteiger charge is 2.05. The zero-order valence-electron chi connectivity index (χ0n) is 9.30. The van der Waals surface area contributed by atoms with Crippen LogP contribution < -0.4 is 11.1 Å². The fourth-order valence-corrected chi connectivity index (χ4v) is 2.19. The molecule has 0 heterocycles. The van der Waals surface area contributed by atoms with Gasteiger partial charge in [0.05, 0.1) is 5.69 Å². The van der Waals surface area contributed by atoms with Crippen molar-refractivity contribution >= 4 is 39.7 Å². The van der Waals surface area contributed by atoms with Gasteiger partial charge < -0.3 is 11.1 Å². The Hall–Kier alpha value is -1.30. The van der Waals surface area contributed by atoms with E-state index in [4.69, 9.17) is 5.73 Å². The first-order valence-electron chi connectivity index (χ1n) is 5.15. The molecule has 0 aliphatic carbocycles. The molecule has 0 unspecified atom stereocenters. The van der Waals surface area contributed by atoms with Crippen LogP contribution >= 0.6 is 22.6 Å². The Bertz CT molecular complexity index is 555. The van der Waals surface area contributed by atoms with Crippen molar-refractivity contribution in [2.75, 3.05) is 11.1 Å². The summed E-state index contributed by atoms with van der Waals surface area (Å²) in [4.78, 5) is 0. The van der Waals surface area contributed by atoms with E-state index in [1.807, 2.05) is 24.3 Å². The van der Waals surface area contributed by atoms with E-state index in [0.29, 0.717) is 5.56 Å². The molecule has 2 aromatic carbocycles. The van der Waals surface area contributed by atoms with E-state index in [1.165, 1.54) is 6.07 Å². The molecule has 3 N–H and O–H groups in total. The van der Waals surface area contributed by atoms with Gasteiger partial charge in [0.25, 0.3) is 0 Å². The number of nitrogens with two attached hydrogens (primary N) is 1. The zero-order chi connectivity index (χ0) is 12.4. The summed E-state index contributed by atoms with van der Waals surface area (Å²) in [6.07, 6.45) is 0. The summed E-state index contributed by atoms with van der Waals surface area (Å²) in [6, 6.07) is 10.6. The maximum absolute atomic E-state index is 13.4. The summed E-state index contributed by atoms with van der Waals surface area (Å²) >= 11 is 2.20. The van der Waals surface area contributed by atoms with Crippen molar-refractivity contribution in [3.05, 3.63) is 51.3 Å². The first kappa shape index (κ1) is 12.2. The average Bonchev–Trinajstić information content (AvgIpc) is 2.28. The molecule has 4 heteroatoms. The van der Waals surface area contributed by atoms with Crippen LogP contribution in [0, 0.1) is 16.3 Å². The molecule has 0 amide bonds. The van der Waals surface area contributed by atoms with Gasteiger partial charge in [-0.25, -0.2) is 4.39 Å². The van der Waals surface area contributed by atoms with E-state index < -0.39 is 0 Å². The summed E-state index contributed by atoms with van der Waals surface area (Å²) in [5.41, 5.74) is 8.71. The monoisotopic (exact) mass is 342 g/mol. The van der Waals surface area contributed by atoms with Crippen LogP contribution in [0.5, 0.6) is 0 Å². The van der Waals surface area contributed by atoms with Gasteiger partial charge in [0.1, 0.15) is 5.82 Å². The van der Waals surface area contributed by atoms with Crippen LogP contribution in [-0.4, -0.2) is 0 Å². The molecule has 0 aromatic heterocycles. The molecule has 0 bridgehead atoms. The third kappa shape index (κ3) is 2.69. The Labute approximate surface area is 113 Å². The van der Waals surface area contributed by atoms with Crippen molar-refractivity contribution in [3.63, 3.8) is 0 Å². The van der Waals surface area contributed by atoms with Crippen LogP contribution in [0.3, 0.4) is 0 Å². The van der Waals surface area contributed by atoms with Crippen LogP contribution in [0.1, 0.15) is 5.56 Å². The third-order valence-corrected chi connectivity index (χ3v) is 3.42. The van der Waals surface area contributed by atoms with Crippen molar-refractivity contribution in [2.24, 2.45) is 0 Å². The van der Waals surface area contributed by atoms with E-state index in [-0.39, 0.29) is 5.82 Å². The molecule has 2 nitrogen and oxygen atoms in total. The molecule has 0 aliphatic heterocycles. The summed E-state index contributed by atoms with van der Waals surface area (Å²) in [5.74, 6) is -0.208. The number of rotatable bonds is 2. The van der Waals surface area contributed by atoms with Gasteiger partial charge in [0.2, 0.25) is 0 Å². The molecule has 88 valence electrons. The van der Waals surface area contributed by atoms with E-state index >= 15 is 0 Å². The second-order valence-corrected chi connectivity index (χ2v) is 4.94. The number of hydrogen-bond donors (Lipinski definition) is 2. The molecule has 2 rings (SSSR count). The highest BCUT2D eigenvalue weighted by Crippen LogP contribution is 2.27. The molecular weight excluding hydrogens is 330 g/mol. The molecule has 0 aliphatic rings. The van der Waals surface area contributed by atoms with Crippen LogP contribution in [0.4, 0.5) is 21.5 Å². The lowest BCUT2D eigenvalue weighted by Gasteiger charge is -2.12. The van der Waals surface area contributed by atoms with E-state index in [0.717, 1.165) is 20.6 Å². The van der Waals surface area contributed by atoms with Crippen molar-refractivity contribution in [3.8, 4) is 0 Å². The minimum Gasteiger partial charge on any atom is -0.399 e. The fourth-order valence-electron chi connectivity index (χ4n) is 1.52.